The number of allylic oxidation sites excluding steroid dienone is 1. The number of hydrogen-bond donors (Lipinski definition) is 0. The lowest BCUT2D eigenvalue weighted by Gasteiger charge is -2.15. The Balaban J connectivity index is 2.23. The van der Waals surface area contributed by atoms with E-state index in [1.807, 2.05) is 54.5 Å². The van der Waals surface area contributed by atoms with Crippen molar-refractivity contribution in [3.05, 3.63) is 75.8 Å². The van der Waals surface area contributed by atoms with Gasteiger partial charge >= 0.3 is 0 Å². The van der Waals surface area contributed by atoms with Crippen molar-refractivity contribution >= 4 is 29.1 Å². The maximum absolute atomic E-state index is 10.5. The molecule has 0 aliphatic carbocycles. The van der Waals surface area contributed by atoms with Crippen molar-refractivity contribution < 1.29 is 4.79 Å². The molecule has 2 rings (SSSR count). The minimum atomic E-state index is 0.205. The first kappa shape index (κ1) is 14.9. The molecular weight excluding hydrogens is 291 g/mol. The van der Waals surface area contributed by atoms with E-state index >= 15 is 0 Å². The zero-order valence-corrected chi connectivity index (χ0v) is 12.4. The maximum atomic E-state index is 10.5. The third-order valence-corrected chi connectivity index (χ3v) is 3.69. The third-order valence-electron chi connectivity index (χ3n) is 3.20. The van der Waals surface area contributed by atoms with E-state index in [9.17, 15) is 4.79 Å². The highest BCUT2D eigenvalue weighted by Gasteiger charge is 2.12. The smallest absolute Gasteiger partial charge is 0.120 e. The van der Waals surface area contributed by atoms with Gasteiger partial charge in [-0.3, -0.25) is 0 Å². The SMILES string of the molecule is O=C=CCC(Cc1ccc(Cl)cc1)c1cccc(Cl)c1. The standard InChI is InChI=1S/C17H14Cl2O/c18-16-8-6-13(7-9-16)11-14(4-2-10-20)15-3-1-5-17(19)12-15/h1-3,5-9,12,14H,4,11H2. The lowest BCUT2D eigenvalue weighted by atomic mass is 9.89. The van der Waals surface area contributed by atoms with Gasteiger partial charge in [0.05, 0.1) is 0 Å². The molecule has 0 N–H and O–H groups in total. The third kappa shape index (κ3) is 4.25. The summed E-state index contributed by atoms with van der Waals surface area (Å²) < 4.78 is 0. The molecule has 0 bridgehead atoms. The van der Waals surface area contributed by atoms with Gasteiger partial charge in [-0.1, -0.05) is 47.5 Å². The van der Waals surface area contributed by atoms with Gasteiger partial charge in [0.15, 0.2) is 0 Å². The minimum Gasteiger partial charge on any atom is -0.234 e. The second kappa shape index (κ2) is 7.31. The first-order valence-electron chi connectivity index (χ1n) is 6.38. The van der Waals surface area contributed by atoms with Crippen LogP contribution >= 0.6 is 23.2 Å². The van der Waals surface area contributed by atoms with Gasteiger partial charge in [0.1, 0.15) is 5.94 Å². The molecule has 2 aromatic rings. The van der Waals surface area contributed by atoms with Crippen molar-refractivity contribution in [3.8, 4) is 0 Å². The fourth-order valence-electron chi connectivity index (χ4n) is 2.19. The predicted molar refractivity (Wildman–Crippen MR) is 84.2 cm³/mol. The second-order valence-electron chi connectivity index (χ2n) is 4.64. The summed E-state index contributed by atoms with van der Waals surface area (Å²) in [6.07, 6.45) is 3.00. The van der Waals surface area contributed by atoms with Crippen molar-refractivity contribution in [2.24, 2.45) is 0 Å². The van der Waals surface area contributed by atoms with Gasteiger partial charge in [0, 0.05) is 16.1 Å². The number of carbonyl (C=O) groups excluding carboxylic acids is 1. The predicted octanol–water partition coefficient (Wildman–Crippen LogP) is 5.10. The number of hydrogen-bond acceptors (Lipinski definition) is 1. The van der Waals surface area contributed by atoms with Crippen molar-refractivity contribution in [2.75, 3.05) is 0 Å². The van der Waals surface area contributed by atoms with Gasteiger partial charge in [0.2, 0.25) is 0 Å². The summed E-state index contributed by atoms with van der Waals surface area (Å²) in [5.41, 5.74) is 2.30. The van der Waals surface area contributed by atoms with Crippen molar-refractivity contribution in [3.63, 3.8) is 0 Å². The van der Waals surface area contributed by atoms with E-state index in [1.165, 1.54) is 11.6 Å². The van der Waals surface area contributed by atoms with Crippen LogP contribution in [0.25, 0.3) is 0 Å². The highest BCUT2D eigenvalue weighted by molar-refractivity contribution is 6.30. The van der Waals surface area contributed by atoms with Gasteiger partial charge in [-0.25, -0.2) is 4.79 Å². The van der Waals surface area contributed by atoms with Crippen LogP contribution in [0.5, 0.6) is 0 Å². The molecule has 2 aromatic carbocycles. The summed E-state index contributed by atoms with van der Waals surface area (Å²) in [5, 5.41) is 1.43. The largest absolute Gasteiger partial charge is 0.234 e. The van der Waals surface area contributed by atoms with Crippen LogP contribution in [0.2, 0.25) is 10.0 Å². The van der Waals surface area contributed by atoms with Gasteiger partial charge < -0.3 is 0 Å². The Morgan fingerprint density at radius 2 is 1.80 bits per heavy atom. The molecule has 1 unspecified atom stereocenters. The Labute approximate surface area is 128 Å². The van der Waals surface area contributed by atoms with E-state index in [1.54, 1.807) is 0 Å². The molecule has 0 aliphatic heterocycles. The summed E-state index contributed by atoms with van der Waals surface area (Å²) >= 11 is 11.9. The van der Waals surface area contributed by atoms with Crippen LogP contribution in [0.1, 0.15) is 23.5 Å². The first-order valence-corrected chi connectivity index (χ1v) is 7.14. The van der Waals surface area contributed by atoms with E-state index in [-0.39, 0.29) is 5.92 Å². The number of rotatable bonds is 5. The fraction of sp³-hybridized carbons (Fsp3) is 0.176. The fourth-order valence-corrected chi connectivity index (χ4v) is 2.52. The number of benzene rings is 2. The topological polar surface area (TPSA) is 17.1 Å². The van der Waals surface area contributed by atoms with Gasteiger partial charge in [-0.2, -0.15) is 0 Å². The molecule has 0 saturated heterocycles. The molecule has 0 aliphatic rings. The van der Waals surface area contributed by atoms with Crippen molar-refractivity contribution in [2.45, 2.75) is 18.8 Å². The van der Waals surface area contributed by atoms with Crippen LogP contribution in [-0.4, -0.2) is 5.94 Å². The molecule has 1 nitrogen and oxygen atoms in total. The molecule has 0 aromatic heterocycles. The molecule has 20 heavy (non-hydrogen) atoms. The van der Waals surface area contributed by atoms with Gasteiger partial charge in [-0.15, -0.1) is 0 Å². The molecular formula is C17H14Cl2O. The lowest BCUT2D eigenvalue weighted by molar-refractivity contribution is 0.566. The summed E-state index contributed by atoms with van der Waals surface area (Å²) in [6, 6.07) is 15.5. The zero-order chi connectivity index (χ0) is 14.4. The Morgan fingerprint density at radius 1 is 1.05 bits per heavy atom. The van der Waals surface area contributed by atoms with Crippen molar-refractivity contribution in [1.82, 2.24) is 0 Å². The van der Waals surface area contributed by atoms with Crippen LogP contribution < -0.4 is 0 Å². The van der Waals surface area contributed by atoms with Crippen LogP contribution in [0, 0.1) is 0 Å². The normalized spacial score (nSPS) is 11.7. The maximum Gasteiger partial charge on any atom is 0.120 e. The van der Waals surface area contributed by atoms with E-state index in [2.05, 4.69) is 0 Å². The second-order valence-corrected chi connectivity index (χ2v) is 5.51. The summed E-state index contributed by atoms with van der Waals surface area (Å²) in [6.45, 7) is 0. The number of halogens is 2. The molecule has 3 heteroatoms. The Hall–Kier alpha value is -1.53. The average molecular weight is 305 g/mol. The molecule has 0 radical (unpaired) electrons. The first-order chi connectivity index (χ1) is 9.69. The van der Waals surface area contributed by atoms with Crippen molar-refractivity contribution in [1.29, 1.82) is 0 Å². The van der Waals surface area contributed by atoms with E-state index in [0.717, 1.165) is 17.0 Å². The van der Waals surface area contributed by atoms with Crippen LogP contribution in [-0.2, 0) is 11.2 Å². The van der Waals surface area contributed by atoms with Crippen LogP contribution in [0.4, 0.5) is 0 Å². The van der Waals surface area contributed by atoms with E-state index < -0.39 is 0 Å². The van der Waals surface area contributed by atoms with E-state index in [4.69, 9.17) is 23.2 Å². The summed E-state index contributed by atoms with van der Waals surface area (Å²) in [5.74, 6) is 2.05. The highest BCUT2D eigenvalue weighted by Crippen LogP contribution is 2.27. The molecule has 102 valence electrons. The molecule has 0 saturated carbocycles. The lowest BCUT2D eigenvalue weighted by Crippen LogP contribution is -2.02. The van der Waals surface area contributed by atoms with Crippen LogP contribution in [0.15, 0.2) is 54.6 Å². The Kier molecular flexibility index (Phi) is 5.43. The Bertz CT molecular complexity index is 613. The van der Waals surface area contributed by atoms with Crippen LogP contribution in [0.3, 0.4) is 0 Å². The monoisotopic (exact) mass is 304 g/mol. The molecule has 0 amide bonds. The summed E-state index contributed by atoms with van der Waals surface area (Å²) in [4.78, 5) is 10.5. The Morgan fingerprint density at radius 3 is 2.45 bits per heavy atom. The zero-order valence-electron chi connectivity index (χ0n) is 10.9. The molecule has 0 spiro atoms. The molecule has 0 fully saturated rings. The van der Waals surface area contributed by atoms with Gasteiger partial charge in [-0.05, 0) is 54.2 Å². The van der Waals surface area contributed by atoms with Gasteiger partial charge in [0.25, 0.3) is 0 Å². The summed E-state index contributed by atoms with van der Waals surface area (Å²) in [7, 11) is 0. The average Bonchev–Trinajstić information content (AvgIpc) is 2.45. The van der Waals surface area contributed by atoms with E-state index in [0.29, 0.717) is 11.4 Å². The molecule has 1 atom stereocenters. The molecule has 0 heterocycles. The highest BCUT2D eigenvalue weighted by atomic mass is 35.5. The minimum absolute atomic E-state index is 0.205. The quantitative estimate of drug-likeness (QED) is 0.703.